The van der Waals surface area contributed by atoms with Crippen molar-refractivity contribution in [3.05, 3.63) is 29.8 Å². The monoisotopic (exact) mass is 302 g/mol. The summed E-state index contributed by atoms with van der Waals surface area (Å²) in [4.78, 5) is 14.5. The lowest BCUT2D eigenvalue weighted by Gasteiger charge is -2.26. The Kier molecular flexibility index (Phi) is 4.39. The number of aliphatic hydroxyl groups is 1. The number of rotatable bonds is 3. The second-order valence-electron chi connectivity index (χ2n) is 7.00. The summed E-state index contributed by atoms with van der Waals surface area (Å²) in [6.07, 6.45) is 6.87. The Balaban J connectivity index is 1.74. The van der Waals surface area contributed by atoms with E-state index in [4.69, 9.17) is 0 Å². The van der Waals surface area contributed by atoms with Crippen LogP contribution in [0.1, 0.15) is 55.8 Å². The summed E-state index contributed by atoms with van der Waals surface area (Å²) >= 11 is 0. The molecule has 1 aliphatic carbocycles. The molecule has 1 heterocycles. The summed E-state index contributed by atoms with van der Waals surface area (Å²) in [6, 6.07) is 8.25. The molecule has 3 rings (SSSR count). The lowest BCUT2D eigenvalue weighted by molar-refractivity contribution is 0.0572. The smallest absolute Gasteiger partial charge is 0.256 e. The fraction of sp³-hybridized carbons (Fsp3) is 0.611. The molecule has 4 nitrogen and oxygen atoms in total. The quantitative estimate of drug-likeness (QED) is 0.902. The van der Waals surface area contributed by atoms with Crippen LogP contribution < -0.4 is 5.32 Å². The van der Waals surface area contributed by atoms with Gasteiger partial charge in [-0.3, -0.25) is 4.79 Å². The van der Waals surface area contributed by atoms with Gasteiger partial charge in [0, 0.05) is 24.8 Å². The third kappa shape index (κ3) is 3.43. The third-order valence-electron chi connectivity index (χ3n) is 4.86. The van der Waals surface area contributed by atoms with Gasteiger partial charge in [0.05, 0.1) is 11.2 Å². The molecule has 2 aliphatic rings. The number of hydrogen-bond donors (Lipinski definition) is 2. The van der Waals surface area contributed by atoms with Crippen molar-refractivity contribution in [2.75, 3.05) is 18.4 Å². The highest BCUT2D eigenvalue weighted by atomic mass is 16.3. The summed E-state index contributed by atoms with van der Waals surface area (Å²) in [5.41, 5.74) is 0.915. The SMILES string of the molecule is CC1(O)CCN(C(=O)c2ccccc2NC2CCCCC2)C1. The van der Waals surface area contributed by atoms with E-state index < -0.39 is 5.60 Å². The van der Waals surface area contributed by atoms with Crippen LogP contribution in [0.25, 0.3) is 0 Å². The van der Waals surface area contributed by atoms with E-state index in [-0.39, 0.29) is 5.91 Å². The molecule has 1 saturated heterocycles. The highest BCUT2D eigenvalue weighted by Crippen LogP contribution is 2.27. The van der Waals surface area contributed by atoms with Crippen molar-refractivity contribution in [3.8, 4) is 0 Å². The van der Waals surface area contributed by atoms with Crippen LogP contribution in [-0.2, 0) is 0 Å². The van der Waals surface area contributed by atoms with Crippen LogP contribution in [0.5, 0.6) is 0 Å². The number of carbonyl (C=O) groups excluding carboxylic acids is 1. The third-order valence-corrected chi connectivity index (χ3v) is 4.86. The number of nitrogens with one attached hydrogen (secondary N) is 1. The fourth-order valence-corrected chi connectivity index (χ4v) is 3.55. The average Bonchev–Trinajstić information content (AvgIpc) is 2.88. The fourth-order valence-electron chi connectivity index (χ4n) is 3.55. The summed E-state index contributed by atoms with van der Waals surface area (Å²) in [5.74, 6) is 0.0247. The lowest BCUT2D eigenvalue weighted by Crippen LogP contribution is -2.34. The number of benzene rings is 1. The van der Waals surface area contributed by atoms with Gasteiger partial charge in [0.2, 0.25) is 0 Å². The molecule has 22 heavy (non-hydrogen) atoms. The zero-order chi connectivity index (χ0) is 15.6. The van der Waals surface area contributed by atoms with Gasteiger partial charge in [-0.15, -0.1) is 0 Å². The van der Waals surface area contributed by atoms with Crippen LogP contribution in [0.3, 0.4) is 0 Å². The first kappa shape index (κ1) is 15.3. The standard InChI is InChI=1S/C18H26N2O2/c1-18(22)11-12-20(13-18)17(21)15-9-5-6-10-16(15)19-14-7-3-2-4-8-14/h5-6,9-10,14,19,22H,2-4,7-8,11-13H2,1H3. The van der Waals surface area contributed by atoms with E-state index in [1.807, 2.05) is 24.3 Å². The van der Waals surface area contributed by atoms with Gasteiger partial charge in [-0.05, 0) is 38.3 Å². The van der Waals surface area contributed by atoms with E-state index in [2.05, 4.69) is 5.32 Å². The van der Waals surface area contributed by atoms with E-state index in [0.29, 0.717) is 25.6 Å². The van der Waals surface area contributed by atoms with E-state index in [1.54, 1.807) is 11.8 Å². The van der Waals surface area contributed by atoms with Gasteiger partial charge in [-0.2, -0.15) is 0 Å². The summed E-state index contributed by atoms with van der Waals surface area (Å²) in [7, 11) is 0. The molecule has 1 aromatic carbocycles. The van der Waals surface area contributed by atoms with Gasteiger partial charge in [0.1, 0.15) is 0 Å². The number of nitrogens with zero attached hydrogens (tertiary/aromatic N) is 1. The number of hydrogen-bond acceptors (Lipinski definition) is 3. The average molecular weight is 302 g/mol. The van der Waals surface area contributed by atoms with Gasteiger partial charge in [0.25, 0.3) is 5.91 Å². The molecule has 1 aromatic rings. The Bertz CT molecular complexity index is 536. The Morgan fingerprint density at radius 2 is 2.00 bits per heavy atom. The maximum atomic E-state index is 12.8. The van der Waals surface area contributed by atoms with E-state index >= 15 is 0 Å². The van der Waals surface area contributed by atoms with Crippen molar-refractivity contribution in [1.82, 2.24) is 4.90 Å². The maximum Gasteiger partial charge on any atom is 0.256 e. The second kappa shape index (κ2) is 6.29. The van der Waals surface area contributed by atoms with Crippen LogP contribution in [0.2, 0.25) is 0 Å². The molecule has 2 N–H and O–H groups in total. The van der Waals surface area contributed by atoms with Crippen LogP contribution in [0.4, 0.5) is 5.69 Å². The molecule has 0 bridgehead atoms. The van der Waals surface area contributed by atoms with Crippen LogP contribution in [-0.4, -0.2) is 40.6 Å². The van der Waals surface area contributed by atoms with Crippen molar-refractivity contribution in [3.63, 3.8) is 0 Å². The van der Waals surface area contributed by atoms with Crippen LogP contribution >= 0.6 is 0 Å². The normalized spacial score (nSPS) is 26.2. The van der Waals surface area contributed by atoms with Crippen molar-refractivity contribution in [2.45, 2.75) is 57.1 Å². The Hall–Kier alpha value is -1.55. The highest BCUT2D eigenvalue weighted by Gasteiger charge is 2.35. The number of likely N-dealkylation sites (tertiary alicyclic amines) is 1. The Morgan fingerprint density at radius 1 is 1.27 bits per heavy atom. The van der Waals surface area contributed by atoms with Crippen molar-refractivity contribution in [2.24, 2.45) is 0 Å². The minimum atomic E-state index is -0.749. The number of para-hydroxylation sites is 1. The number of carbonyl (C=O) groups is 1. The first-order valence-electron chi connectivity index (χ1n) is 8.42. The van der Waals surface area contributed by atoms with Crippen LogP contribution in [0, 0.1) is 0 Å². The topological polar surface area (TPSA) is 52.6 Å². The van der Waals surface area contributed by atoms with Gasteiger partial charge in [-0.1, -0.05) is 31.4 Å². The Labute approximate surface area is 132 Å². The highest BCUT2D eigenvalue weighted by molar-refractivity contribution is 5.99. The summed E-state index contributed by atoms with van der Waals surface area (Å²) in [5, 5.41) is 13.6. The van der Waals surface area contributed by atoms with Gasteiger partial charge in [0.15, 0.2) is 0 Å². The predicted octanol–water partition coefficient (Wildman–Crippen LogP) is 3.03. The first-order chi connectivity index (χ1) is 10.6. The minimum absolute atomic E-state index is 0.0247. The molecular weight excluding hydrogens is 276 g/mol. The summed E-state index contributed by atoms with van der Waals surface area (Å²) < 4.78 is 0. The first-order valence-corrected chi connectivity index (χ1v) is 8.42. The van der Waals surface area contributed by atoms with Gasteiger partial charge < -0.3 is 15.3 Å². The Morgan fingerprint density at radius 3 is 2.68 bits per heavy atom. The molecule has 1 aliphatic heterocycles. The van der Waals surface area contributed by atoms with E-state index in [1.165, 1.54) is 32.1 Å². The lowest BCUT2D eigenvalue weighted by atomic mass is 9.95. The van der Waals surface area contributed by atoms with Gasteiger partial charge >= 0.3 is 0 Å². The molecule has 1 atom stereocenters. The second-order valence-corrected chi connectivity index (χ2v) is 7.00. The number of β-amino-alcohol motifs (C(OH)–C–C–N with tert-alkyl or cyclic N) is 1. The molecule has 0 aromatic heterocycles. The predicted molar refractivity (Wildman–Crippen MR) is 88.1 cm³/mol. The zero-order valence-electron chi connectivity index (χ0n) is 13.3. The molecular formula is C18H26N2O2. The molecule has 1 saturated carbocycles. The molecule has 4 heteroatoms. The van der Waals surface area contributed by atoms with Gasteiger partial charge in [-0.25, -0.2) is 0 Å². The zero-order valence-corrected chi connectivity index (χ0v) is 13.3. The van der Waals surface area contributed by atoms with E-state index in [0.717, 1.165) is 11.3 Å². The van der Waals surface area contributed by atoms with Crippen LogP contribution in [0.15, 0.2) is 24.3 Å². The van der Waals surface area contributed by atoms with Crippen molar-refractivity contribution in [1.29, 1.82) is 0 Å². The molecule has 0 spiro atoms. The maximum absolute atomic E-state index is 12.8. The molecule has 0 radical (unpaired) electrons. The molecule has 1 unspecified atom stereocenters. The van der Waals surface area contributed by atoms with Crippen molar-refractivity contribution >= 4 is 11.6 Å². The number of anilines is 1. The van der Waals surface area contributed by atoms with E-state index in [9.17, 15) is 9.90 Å². The largest absolute Gasteiger partial charge is 0.388 e. The molecule has 2 fully saturated rings. The number of amides is 1. The molecule has 1 amide bonds. The molecule has 120 valence electrons. The van der Waals surface area contributed by atoms with Crippen molar-refractivity contribution < 1.29 is 9.90 Å². The minimum Gasteiger partial charge on any atom is -0.388 e. The summed E-state index contributed by atoms with van der Waals surface area (Å²) in [6.45, 7) is 2.85.